The lowest BCUT2D eigenvalue weighted by Gasteiger charge is -2.38. The van der Waals surface area contributed by atoms with Crippen LogP contribution in [0.15, 0.2) is 41.5 Å². The second-order valence-electron chi connectivity index (χ2n) is 7.62. The van der Waals surface area contributed by atoms with Crippen molar-refractivity contribution in [2.45, 2.75) is 32.0 Å². The first kappa shape index (κ1) is 21.3. The second kappa shape index (κ2) is 9.92. The molecule has 2 aromatic rings. The minimum absolute atomic E-state index is 0.0157. The van der Waals surface area contributed by atoms with Crippen molar-refractivity contribution in [2.24, 2.45) is 5.92 Å². The molecule has 2 aliphatic rings. The van der Waals surface area contributed by atoms with Crippen LogP contribution in [0.2, 0.25) is 0 Å². The van der Waals surface area contributed by atoms with Crippen molar-refractivity contribution >= 4 is 27.3 Å². The van der Waals surface area contributed by atoms with Gasteiger partial charge in [-0.1, -0.05) is 18.2 Å². The molecule has 1 aromatic carbocycles. The van der Waals surface area contributed by atoms with Gasteiger partial charge in [-0.15, -0.1) is 11.3 Å². The molecule has 7 heteroatoms. The number of ether oxygens (including phenoxy) is 3. The molecule has 4 rings (SSSR count). The lowest BCUT2D eigenvalue weighted by Crippen LogP contribution is -2.44. The summed E-state index contributed by atoms with van der Waals surface area (Å²) in [5.41, 5.74) is 1.19. The van der Waals surface area contributed by atoms with Crippen LogP contribution in [0.25, 0.3) is 10.1 Å². The summed E-state index contributed by atoms with van der Waals surface area (Å²) in [6, 6.07) is 8.34. The Balaban J connectivity index is 1.73. The van der Waals surface area contributed by atoms with Crippen molar-refractivity contribution in [3.8, 4) is 0 Å². The van der Waals surface area contributed by atoms with Gasteiger partial charge >= 0.3 is 0 Å². The molecule has 1 amide bonds. The number of hydrogen-bond donors (Lipinski definition) is 1. The molecule has 6 nitrogen and oxygen atoms in total. The number of thiophene rings is 1. The molecule has 162 valence electrons. The van der Waals surface area contributed by atoms with E-state index in [0.29, 0.717) is 45.1 Å². The van der Waals surface area contributed by atoms with E-state index in [1.165, 1.54) is 15.6 Å². The van der Waals surface area contributed by atoms with Crippen molar-refractivity contribution in [3.05, 3.63) is 47.0 Å². The fourth-order valence-electron chi connectivity index (χ4n) is 4.29. The number of nitrogens with zero attached hydrogens (tertiary/aromatic N) is 1. The Bertz CT molecular complexity index is 889. The van der Waals surface area contributed by atoms with Gasteiger partial charge in [-0.3, -0.25) is 4.79 Å². The Morgan fingerprint density at radius 1 is 1.30 bits per heavy atom. The van der Waals surface area contributed by atoms with E-state index in [1.54, 1.807) is 16.2 Å². The van der Waals surface area contributed by atoms with E-state index < -0.39 is 6.29 Å². The number of hydrogen-bond acceptors (Lipinski definition) is 6. The highest BCUT2D eigenvalue weighted by molar-refractivity contribution is 7.17. The third kappa shape index (κ3) is 4.39. The zero-order valence-electron chi connectivity index (χ0n) is 17.3. The highest BCUT2D eigenvalue weighted by atomic mass is 32.1. The minimum atomic E-state index is -0.518. The maximum absolute atomic E-state index is 13.2. The summed E-state index contributed by atoms with van der Waals surface area (Å²) in [5.74, 6) is 0.262. The van der Waals surface area contributed by atoms with Gasteiger partial charge in [0.2, 0.25) is 6.29 Å². The summed E-state index contributed by atoms with van der Waals surface area (Å²) in [4.78, 5) is 15.0. The maximum Gasteiger partial charge on any atom is 0.288 e. The number of fused-ring (bicyclic) bond motifs is 1. The van der Waals surface area contributed by atoms with E-state index in [1.807, 2.05) is 25.1 Å². The van der Waals surface area contributed by atoms with Gasteiger partial charge in [-0.05, 0) is 48.2 Å². The van der Waals surface area contributed by atoms with Crippen LogP contribution in [0.1, 0.15) is 31.2 Å². The Morgan fingerprint density at radius 2 is 2.10 bits per heavy atom. The standard InChI is InChI=1S/C23H29NO5S/c1-2-28-23-17(7-5-11-25)18(19-15-30-21-8-4-3-6-16(19)21)14-20(29-23)22(26)24-9-12-27-13-10-24/h3-4,6,8,14-15,17-18,23,25H,2,5,7,9-13H2,1H3/t17-,18+,23-/m0/s1. The number of rotatable bonds is 7. The van der Waals surface area contributed by atoms with Gasteiger partial charge in [0.1, 0.15) is 0 Å². The van der Waals surface area contributed by atoms with Crippen LogP contribution in [0.5, 0.6) is 0 Å². The average Bonchev–Trinajstić information content (AvgIpc) is 3.22. The molecule has 0 saturated carbocycles. The van der Waals surface area contributed by atoms with Crippen molar-refractivity contribution in [1.29, 1.82) is 0 Å². The summed E-state index contributed by atoms with van der Waals surface area (Å²) in [7, 11) is 0. The highest BCUT2D eigenvalue weighted by Crippen LogP contribution is 2.43. The molecular weight excluding hydrogens is 402 g/mol. The van der Waals surface area contributed by atoms with Gasteiger partial charge in [0.25, 0.3) is 5.91 Å². The second-order valence-corrected chi connectivity index (χ2v) is 8.53. The van der Waals surface area contributed by atoms with Gasteiger partial charge in [-0.25, -0.2) is 0 Å². The average molecular weight is 432 g/mol. The van der Waals surface area contributed by atoms with Crippen molar-refractivity contribution in [3.63, 3.8) is 0 Å². The van der Waals surface area contributed by atoms with Gasteiger partial charge in [0, 0.05) is 42.8 Å². The van der Waals surface area contributed by atoms with Crippen LogP contribution >= 0.6 is 11.3 Å². The molecule has 1 aromatic heterocycles. The van der Waals surface area contributed by atoms with Gasteiger partial charge in [0.15, 0.2) is 5.76 Å². The zero-order chi connectivity index (χ0) is 20.9. The molecule has 0 unspecified atom stereocenters. The summed E-state index contributed by atoms with van der Waals surface area (Å²) < 4.78 is 18.7. The molecule has 1 fully saturated rings. The summed E-state index contributed by atoms with van der Waals surface area (Å²) in [6.07, 6.45) is 2.88. The molecular formula is C23H29NO5S. The van der Waals surface area contributed by atoms with Crippen LogP contribution in [0.4, 0.5) is 0 Å². The molecule has 2 aliphatic heterocycles. The van der Waals surface area contributed by atoms with E-state index in [9.17, 15) is 9.90 Å². The SMILES string of the molecule is CCO[C@H]1OC(C(=O)N2CCOCC2)=C[C@@H](c2csc3ccccc23)[C@@H]1CCCO. The van der Waals surface area contributed by atoms with E-state index in [2.05, 4.69) is 17.5 Å². The number of benzene rings is 1. The smallest absolute Gasteiger partial charge is 0.288 e. The lowest BCUT2D eigenvalue weighted by molar-refractivity contribution is -0.171. The number of amides is 1. The third-order valence-corrected chi connectivity index (χ3v) is 6.77. The quantitative estimate of drug-likeness (QED) is 0.727. The van der Waals surface area contributed by atoms with Crippen LogP contribution in [-0.4, -0.2) is 61.7 Å². The number of allylic oxidation sites excluding steroid dienone is 1. The molecule has 0 radical (unpaired) electrons. The number of aliphatic hydroxyl groups excluding tert-OH is 1. The van der Waals surface area contributed by atoms with Crippen LogP contribution < -0.4 is 0 Å². The van der Waals surface area contributed by atoms with Gasteiger partial charge in [0.05, 0.1) is 13.2 Å². The number of carbonyl (C=O) groups is 1. The molecule has 0 spiro atoms. The van der Waals surface area contributed by atoms with E-state index in [-0.39, 0.29) is 24.3 Å². The molecule has 1 N–H and O–H groups in total. The molecule has 0 bridgehead atoms. The number of carbonyl (C=O) groups excluding carboxylic acids is 1. The minimum Gasteiger partial charge on any atom is -0.459 e. The van der Waals surface area contributed by atoms with Crippen molar-refractivity contribution < 1.29 is 24.1 Å². The van der Waals surface area contributed by atoms with Crippen LogP contribution in [0, 0.1) is 5.92 Å². The molecule has 30 heavy (non-hydrogen) atoms. The number of morpholine rings is 1. The van der Waals surface area contributed by atoms with Gasteiger partial charge in [-0.2, -0.15) is 0 Å². The van der Waals surface area contributed by atoms with E-state index in [4.69, 9.17) is 14.2 Å². The Kier molecular flexibility index (Phi) is 7.04. The topological polar surface area (TPSA) is 68.2 Å². The Labute approximate surface area is 181 Å². The molecule has 0 aliphatic carbocycles. The zero-order valence-corrected chi connectivity index (χ0v) is 18.1. The lowest BCUT2D eigenvalue weighted by atomic mass is 9.80. The first-order valence-corrected chi connectivity index (χ1v) is 11.5. The monoisotopic (exact) mass is 431 g/mol. The molecule has 3 atom stereocenters. The van der Waals surface area contributed by atoms with Crippen molar-refractivity contribution in [1.82, 2.24) is 4.90 Å². The fraction of sp³-hybridized carbons (Fsp3) is 0.522. The van der Waals surface area contributed by atoms with Crippen LogP contribution in [0.3, 0.4) is 0 Å². The van der Waals surface area contributed by atoms with E-state index in [0.717, 1.165) is 6.42 Å². The Morgan fingerprint density at radius 3 is 2.87 bits per heavy atom. The highest BCUT2D eigenvalue weighted by Gasteiger charge is 2.39. The molecule has 1 saturated heterocycles. The molecule has 3 heterocycles. The van der Waals surface area contributed by atoms with E-state index >= 15 is 0 Å². The van der Waals surface area contributed by atoms with Gasteiger partial charge < -0.3 is 24.2 Å². The predicted octanol–water partition coefficient (Wildman–Crippen LogP) is 3.51. The Hall–Kier alpha value is -1.93. The number of aliphatic hydroxyl groups is 1. The summed E-state index contributed by atoms with van der Waals surface area (Å²) in [5, 5.41) is 12.8. The first-order chi connectivity index (χ1) is 14.7. The largest absolute Gasteiger partial charge is 0.459 e. The van der Waals surface area contributed by atoms with Crippen molar-refractivity contribution in [2.75, 3.05) is 39.5 Å². The third-order valence-electron chi connectivity index (χ3n) is 5.79. The van der Waals surface area contributed by atoms with Crippen LogP contribution in [-0.2, 0) is 19.0 Å². The predicted molar refractivity (Wildman–Crippen MR) is 116 cm³/mol. The fourth-order valence-corrected chi connectivity index (χ4v) is 5.30. The summed E-state index contributed by atoms with van der Waals surface area (Å²) in [6.45, 7) is 4.78. The normalized spacial score (nSPS) is 24.5. The first-order valence-electron chi connectivity index (χ1n) is 10.7. The summed E-state index contributed by atoms with van der Waals surface area (Å²) >= 11 is 1.71. The maximum atomic E-state index is 13.2.